The van der Waals surface area contributed by atoms with E-state index in [9.17, 15) is 32.4 Å². The highest BCUT2D eigenvalue weighted by atomic mass is 32.2. The number of allylic oxidation sites excluding steroid dienone is 1. The van der Waals surface area contributed by atoms with Crippen LogP contribution in [0, 0.1) is 5.92 Å². The summed E-state index contributed by atoms with van der Waals surface area (Å²) in [6.07, 6.45) is 5.76. The van der Waals surface area contributed by atoms with E-state index in [4.69, 9.17) is 19.0 Å². The number of sulfonamides is 1. The number of carbonyl (C=O) groups excluding carboxylic acids is 5. The first-order valence-electron chi connectivity index (χ1n) is 16.8. The molecule has 4 amide bonds. The normalized spacial score (nSPS) is 27.4. The molecule has 0 spiro atoms. The molecule has 4 aliphatic rings. The highest BCUT2D eigenvalue weighted by molar-refractivity contribution is 7.91. The summed E-state index contributed by atoms with van der Waals surface area (Å²) in [5.74, 6) is -3.43. The van der Waals surface area contributed by atoms with Gasteiger partial charge in [0, 0.05) is 18.4 Å². The lowest BCUT2D eigenvalue weighted by Crippen LogP contribution is -2.58. The Kier molecular flexibility index (Phi) is 10.7. The number of hydrogen-bond donors (Lipinski definition) is 3. The molecule has 5 rings (SSSR count). The van der Waals surface area contributed by atoms with Gasteiger partial charge in [-0.25, -0.2) is 18.0 Å². The number of esters is 1. The van der Waals surface area contributed by atoms with Crippen LogP contribution in [0.2, 0.25) is 0 Å². The lowest BCUT2D eigenvalue weighted by Gasteiger charge is -2.30. The van der Waals surface area contributed by atoms with E-state index in [0.29, 0.717) is 25.7 Å². The zero-order chi connectivity index (χ0) is 36.4. The minimum absolute atomic E-state index is 0.0869. The number of nitrogens with one attached hydrogen (secondary N) is 3. The van der Waals surface area contributed by atoms with Crippen molar-refractivity contribution in [2.24, 2.45) is 5.92 Å². The van der Waals surface area contributed by atoms with Crippen LogP contribution in [0.4, 0.5) is 4.79 Å². The van der Waals surface area contributed by atoms with Crippen molar-refractivity contribution < 1.29 is 51.4 Å². The highest BCUT2D eigenvalue weighted by Gasteiger charge is 2.62. The second-order valence-electron chi connectivity index (χ2n) is 14.1. The maximum absolute atomic E-state index is 14.2. The van der Waals surface area contributed by atoms with Crippen molar-refractivity contribution in [2.75, 3.05) is 20.8 Å². The number of aromatic nitrogens is 2. The van der Waals surface area contributed by atoms with Crippen molar-refractivity contribution in [1.29, 1.82) is 0 Å². The summed E-state index contributed by atoms with van der Waals surface area (Å²) in [4.78, 5) is 75.3. The van der Waals surface area contributed by atoms with E-state index in [1.807, 2.05) is 12.2 Å². The van der Waals surface area contributed by atoms with Crippen molar-refractivity contribution in [2.45, 2.75) is 113 Å². The van der Waals surface area contributed by atoms with Crippen LogP contribution < -0.4 is 24.9 Å². The van der Waals surface area contributed by atoms with Gasteiger partial charge >= 0.3 is 12.1 Å². The molecule has 2 aliphatic carbocycles. The molecule has 5 atom stereocenters. The van der Waals surface area contributed by atoms with E-state index in [1.54, 1.807) is 20.8 Å². The fourth-order valence-electron chi connectivity index (χ4n) is 6.23. The van der Waals surface area contributed by atoms with E-state index in [2.05, 4.69) is 20.5 Å². The van der Waals surface area contributed by atoms with Crippen LogP contribution in [-0.4, -0.2) is 108 Å². The van der Waals surface area contributed by atoms with Gasteiger partial charge in [0.15, 0.2) is 5.69 Å². The molecule has 1 aromatic rings. The maximum Gasteiger partial charge on any atom is 0.408 e. The molecule has 17 nitrogen and oxygen atoms in total. The topological polar surface area (TPSA) is 214 Å². The molecule has 0 aromatic carbocycles. The van der Waals surface area contributed by atoms with Crippen molar-refractivity contribution in [3.8, 4) is 5.88 Å². The summed E-state index contributed by atoms with van der Waals surface area (Å²) in [6.45, 7) is 4.86. The van der Waals surface area contributed by atoms with Crippen molar-refractivity contribution in [1.82, 2.24) is 30.2 Å². The van der Waals surface area contributed by atoms with Gasteiger partial charge in [-0.15, -0.1) is 0 Å². The summed E-state index contributed by atoms with van der Waals surface area (Å²) in [7, 11) is -1.27. The molecule has 3 fully saturated rings. The summed E-state index contributed by atoms with van der Waals surface area (Å²) in [5.41, 5.74) is -2.50. The molecule has 50 heavy (non-hydrogen) atoms. The molecule has 2 saturated carbocycles. The summed E-state index contributed by atoms with van der Waals surface area (Å²) in [5, 5.41) is 8.74. The number of ether oxygens (including phenoxy) is 3. The fraction of sp³-hybridized carbons (Fsp3) is 0.688. The van der Waals surface area contributed by atoms with Gasteiger partial charge in [-0.05, 0) is 59.3 Å². The number of alkyl carbamates (subject to hydrolysis) is 1. The third-order valence-electron chi connectivity index (χ3n) is 9.05. The van der Waals surface area contributed by atoms with Crippen LogP contribution in [-0.2, 0) is 33.9 Å². The number of hydrogen-bond acceptors (Lipinski definition) is 12. The standard InChI is InChI=1S/C32H46N6O11S/c1-31(2,3)49-30(43)33-22-12-10-8-6-7-9-11-19-17-32(19,29(42)36-50(44,45)21-13-14-21)34-26(39)23-15-20(18-37(23)27(22)40)48-28(41)24-16-25(46-4)35-38(24)47-5/h9,11,16,19-23H,6-8,10,12-15,17-18H2,1-5H3,(H,33,43)(H,34,39)(H,36,42). The molecule has 276 valence electrons. The molecular weight excluding hydrogens is 676 g/mol. The SMILES string of the molecule is COc1cc(C(=O)OC2CC3C(=O)NC4(C(=O)NS(=O)(=O)C5CC5)CC4C=CCCCCCC(NC(=O)OC(C)(C)C)C(=O)N3C2)n(OC)n1. The summed E-state index contributed by atoms with van der Waals surface area (Å²) >= 11 is 0. The molecule has 1 saturated heterocycles. The molecule has 0 radical (unpaired) electrons. The van der Waals surface area contributed by atoms with Gasteiger partial charge in [-0.1, -0.05) is 34.9 Å². The zero-order valence-corrected chi connectivity index (χ0v) is 29.7. The first kappa shape index (κ1) is 36.9. The van der Waals surface area contributed by atoms with Crippen molar-refractivity contribution in [3.63, 3.8) is 0 Å². The molecule has 3 N–H and O–H groups in total. The Balaban J connectivity index is 1.43. The lowest BCUT2D eigenvalue weighted by molar-refractivity contribution is -0.141. The van der Waals surface area contributed by atoms with Gasteiger partial charge in [0.2, 0.25) is 27.7 Å². The molecular formula is C32H46N6O11S. The van der Waals surface area contributed by atoms with Crippen molar-refractivity contribution in [3.05, 3.63) is 23.9 Å². The van der Waals surface area contributed by atoms with Crippen LogP contribution in [0.15, 0.2) is 18.2 Å². The van der Waals surface area contributed by atoms with Gasteiger partial charge in [0.25, 0.3) is 5.91 Å². The minimum Gasteiger partial charge on any atom is -0.480 e. The third kappa shape index (κ3) is 8.50. The average molecular weight is 723 g/mol. The molecule has 5 unspecified atom stereocenters. The minimum atomic E-state index is -3.92. The Morgan fingerprint density at radius 2 is 1.82 bits per heavy atom. The first-order valence-corrected chi connectivity index (χ1v) is 18.4. The molecule has 18 heteroatoms. The van der Waals surface area contributed by atoms with Crippen molar-refractivity contribution >= 4 is 39.8 Å². The van der Waals surface area contributed by atoms with Crippen LogP contribution >= 0.6 is 0 Å². The second kappa shape index (κ2) is 14.5. The Labute approximate surface area is 290 Å². The number of methoxy groups -OCH3 is 1. The van der Waals surface area contributed by atoms with Gasteiger partial charge in [-0.2, -0.15) is 0 Å². The fourth-order valence-corrected chi connectivity index (χ4v) is 7.59. The lowest BCUT2D eigenvalue weighted by atomic mass is 10.0. The number of carbonyl (C=O) groups is 5. The quantitative estimate of drug-likeness (QED) is 0.253. The van der Waals surface area contributed by atoms with Crippen LogP contribution in [0.25, 0.3) is 0 Å². The maximum atomic E-state index is 14.2. The van der Waals surface area contributed by atoms with E-state index >= 15 is 0 Å². The van der Waals surface area contributed by atoms with E-state index < -0.39 is 80.3 Å². The predicted molar refractivity (Wildman–Crippen MR) is 175 cm³/mol. The Bertz CT molecular complexity index is 1630. The third-order valence-corrected chi connectivity index (χ3v) is 10.9. The van der Waals surface area contributed by atoms with Crippen LogP contribution in [0.5, 0.6) is 5.88 Å². The zero-order valence-electron chi connectivity index (χ0n) is 28.9. The Morgan fingerprint density at radius 1 is 1.08 bits per heavy atom. The first-order chi connectivity index (χ1) is 23.6. The summed E-state index contributed by atoms with van der Waals surface area (Å²) < 4.78 is 43.8. The molecule has 0 bridgehead atoms. The molecule has 2 aliphatic heterocycles. The number of fused-ring (bicyclic) bond motifs is 2. The van der Waals surface area contributed by atoms with Crippen LogP contribution in [0.3, 0.4) is 0 Å². The molecule has 1 aromatic heterocycles. The Morgan fingerprint density at radius 3 is 2.48 bits per heavy atom. The van der Waals surface area contributed by atoms with Gasteiger partial charge in [0.05, 0.1) is 18.9 Å². The van der Waals surface area contributed by atoms with Gasteiger partial charge in [0.1, 0.15) is 36.4 Å². The van der Waals surface area contributed by atoms with E-state index in [0.717, 1.165) is 17.7 Å². The van der Waals surface area contributed by atoms with E-state index in [-0.39, 0.29) is 37.4 Å². The Hall–Kier alpha value is -4.35. The predicted octanol–water partition coefficient (Wildman–Crippen LogP) is 0.973. The number of rotatable bonds is 8. The summed E-state index contributed by atoms with van der Waals surface area (Å²) in [6, 6.07) is -1.02. The van der Waals surface area contributed by atoms with Gasteiger partial charge < -0.3 is 34.6 Å². The monoisotopic (exact) mass is 722 g/mol. The average Bonchev–Trinajstić information content (AvgIpc) is 3.92. The second-order valence-corrected chi connectivity index (χ2v) is 16.1. The smallest absolute Gasteiger partial charge is 0.408 e. The number of nitrogens with zero attached hydrogens (tertiary/aromatic N) is 3. The molecule has 3 heterocycles. The van der Waals surface area contributed by atoms with E-state index in [1.165, 1.54) is 25.2 Å². The largest absolute Gasteiger partial charge is 0.480 e. The van der Waals surface area contributed by atoms with Crippen LogP contribution in [0.1, 0.15) is 89.0 Å². The number of amides is 4. The highest BCUT2D eigenvalue weighted by Crippen LogP contribution is 2.46. The van der Waals surface area contributed by atoms with Gasteiger partial charge in [-0.3, -0.25) is 19.1 Å².